The van der Waals surface area contributed by atoms with E-state index in [0.29, 0.717) is 18.1 Å². The zero-order chi connectivity index (χ0) is 37.2. The number of methoxy groups -OCH3 is 2. The zero-order valence-electron chi connectivity index (χ0n) is 30.4. The van der Waals surface area contributed by atoms with Crippen LogP contribution < -0.4 is 0 Å². The van der Waals surface area contributed by atoms with E-state index in [1.165, 1.54) is 20.3 Å². The van der Waals surface area contributed by atoms with E-state index in [2.05, 4.69) is 0 Å². The van der Waals surface area contributed by atoms with Crippen molar-refractivity contribution in [3.05, 3.63) is 59.4 Å². The molecule has 49 heavy (non-hydrogen) atoms. The summed E-state index contributed by atoms with van der Waals surface area (Å²) in [5, 5.41) is 43.3. The second-order valence-electron chi connectivity index (χ2n) is 13.6. The Balaban J connectivity index is 2.49. The van der Waals surface area contributed by atoms with E-state index in [1.54, 1.807) is 46.8 Å². The Morgan fingerprint density at radius 2 is 1.76 bits per heavy atom. The molecule has 0 spiro atoms. The highest BCUT2D eigenvalue weighted by Crippen LogP contribution is 2.41. The molecule has 12 nitrogen and oxygen atoms in total. The highest BCUT2D eigenvalue weighted by molar-refractivity contribution is 5.90. The van der Waals surface area contributed by atoms with Crippen molar-refractivity contribution in [2.24, 2.45) is 29.6 Å². The van der Waals surface area contributed by atoms with Crippen LogP contribution in [0.2, 0.25) is 0 Å². The molecule has 4 N–H and O–H groups in total. The molecule has 2 rings (SSSR count). The van der Waals surface area contributed by atoms with Crippen LogP contribution in [0.25, 0.3) is 0 Å². The highest BCUT2D eigenvalue weighted by atomic mass is 16.6. The fourth-order valence-electron chi connectivity index (χ4n) is 6.43. The summed E-state index contributed by atoms with van der Waals surface area (Å²) in [6, 6.07) is 0. The van der Waals surface area contributed by atoms with Gasteiger partial charge in [-0.1, -0.05) is 70.1 Å². The van der Waals surface area contributed by atoms with Crippen molar-refractivity contribution in [1.82, 2.24) is 0 Å². The number of carbonyl (C=O) groups excluding carboxylic acids is 2. The number of carbonyl (C=O) groups is 3. The highest BCUT2D eigenvalue weighted by Gasteiger charge is 2.51. The maximum Gasteiger partial charge on any atom is 0.373 e. The van der Waals surface area contributed by atoms with Crippen molar-refractivity contribution < 1.29 is 58.5 Å². The van der Waals surface area contributed by atoms with Gasteiger partial charge in [-0.3, -0.25) is 0 Å². The lowest BCUT2D eigenvalue weighted by Gasteiger charge is -2.48. The molecule has 0 amide bonds. The fourth-order valence-corrected chi connectivity index (χ4v) is 6.43. The summed E-state index contributed by atoms with van der Waals surface area (Å²) in [5.74, 6) is -7.51. The zero-order valence-corrected chi connectivity index (χ0v) is 30.4. The third-order valence-electron chi connectivity index (χ3n) is 9.71. The quantitative estimate of drug-likeness (QED) is 0.200. The normalized spacial score (nSPS) is 38.0. The van der Waals surface area contributed by atoms with Crippen molar-refractivity contribution in [2.45, 2.75) is 111 Å². The number of hydrogen-bond donors (Lipinski definition) is 4. The van der Waals surface area contributed by atoms with Crippen LogP contribution in [0, 0.1) is 29.6 Å². The molecule has 12 unspecified atom stereocenters. The lowest BCUT2D eigenvalue weighted by Crippen LogP contribution is -2.58. The van der Waals surface area contributed by atoms with Crippen LogP contribution in [-0.2, 0) is 38.1 Å². The molecule has 2 aliphatic rings. The largest absolute Gasteiger partial charge is 0.490 e. The number of carboxylic acids is 1. The summed E-state index contributed by atoms with van der Waals surface area (Å²) in [5.41, 5.74) is 1.70. The number of cyclic esters (lactones) is 1. The van der Waals surface area contributed by atoms with Crippen molar-refractivity contribution in [2.75, 3.05) is 14.2 Å². The summed E-state index contributed by atoms with van der Waals surface area (Å²) in [4.78, 5) is 36.7. The molecule has 1 saturated heterocycles. The van der Waals surface area contributed by atoms with Crippen LogP contribution in [-0.4, -0.2) is 95.0 Å². The van der Waals surface area contributed by atoms with Crippen LogP contribution in [0.4, 0.5) is 0 Å². The smallest absolute Gasteiger partial charge is 0.373 e. The summed E-state index contributed by atoms with van der Waals surface area (Å²) in [6.07, 6.45) is 5.34. The van der Waals surface area contributed by atoms with Gasteiger partial charge in [-0.2, -0.15) is 0 Å². The molecule has 276 valence electrons. The first-order valence-corrected chi connectivity index (χ1v) is 16.7. The van der Waals surface area contributed by atoms with Gasteiger partial charge in [-0.15, -0.1) is 0 Å². The molecule has 2 heterocycles. The van der Waals surface area contributed by atoms with Gasteiger partial charge in [0.15, 0.2) is 5.79 Å². The molecule has 1 fully saturated rings. The maximum atomic E-state index is 13.6. The molecule has 0 aromatic rings. The number of esters is 2. The number of aliphatic carboxylic acids is 1. The van der Waals surface area contributed by atoms with Gasteiger partial charge < -0.3 is 44.1 Å². The van der Waals surface area contributed by atoms with Gasteiger partial charge in [0.2, 0.25) is 5.76 Å². The van der Waals surface area contributed by atoms with Gasteiger partial charge in [0.05, 0.1) is 25.4 Å². The lowest BCUT2D eigenvalue weighted by atomic mass is 9.77. The van der Waals surface area contributed by atoms with Crippen LogP contribution >= 0.6 is 0 Å². The summed E-state index contributed by atoms with van der Waals surface area (Å²) in [7, 11) is 2.79. The molecule has 2 aliphatic heterocycles. The van der Waals surface area contributed by atoms with E-state index in [-0.39, 0.29) is 29.9 Å². The number of aliphatic hydroxyl groups is 3. The Kier molecular flexibility index (Phi) is 15.9. The topological polar surface area (TPSA) is 178 Å². The van der Waals surface area contributed by atoms with E-state index in [0.717, 1.165) is 11.6 Å². The van der Waals surface area contributed by atoms with Gasteiger partial charge >= 0.3 is 17.9 Å². The van der Waals surface area contributed by atoms with Crippen LogP contribution in [0.1, 0.15) is 68.2 Å². The Labute approximate surface area is 290 Å². The van der Waals surface area contributed by atoms with Crippen LogP contribution in [0.5, 0.6) is 0 Å². The first-order chi connectivity index (χ1) is 22.8. The Hall–Kier alpha value is -3.29. The standard InChI is InChI=1S/C37H56O12/c1-20-12-11-13-28(45-9)35(48-36(43)29(46-10)18-21(2)17-23(4)33(41)22(3)16-20)25(6)34(42)26(7)37(44)19-30(24(5)27(8)49-37)47-32(40)15-14-31(38)39/h11-15,17-18,22-28,30,33-35,41-42,44H,16,19H2,1-10H3,(H,38,39)/b13-11+,15-14+,20-12+,21-17+,29-18+. The monoisotopic (exact) mass is 692 g/mol. The van der Waals surface area contributed by atoms with Gasteiger partial charge in [0, 0.05) is 49.4 Å². The van der Waals surface area contributed by atoms with E-state index in [1.807, 2.05) is 32.9 Å². The summed E-state index contributed by atoms with van der Waals surface area (Å²) in [6.45, 7) is 14.4. The number of allylic oxidation sites excluding steroid dienone is 5. The molecular weight excluding hydrogens is 636 g/mol. The molecule has 0 aliphatic carbocycles. The molecule has 0 aromatic heterocycles. The number of rotatable bonds is 9. The van der Waals surface area contributed by atoms with Crippen molar-refractivity contribution in [3.8, 4) is 0 Å². The van der Waals surface area contributed by atoms with E-state index in [4.69, 9.17) is 28.8 Å². The minimum absolute atomic E-state index is 0.0436. The van der Waals surface area contributed by atoms with E-state index >= 15 is 0 Å². The van der Waals surface area contributed by atoms with Crippen LogP contribution in [0.15, 0.2) is 59.4 Å². The molecule has 0 aromatic carbocycles. The van der Waals surface area contributed by atoms with Gasteiger partial charge in [-0.05, 0) is 39.2 Å². The van der Waals surface area contributed by atoms with Crippen molar-refractivity contribution in [1.29, 1.82) is 0 Å². The van der Waals surface area contributed by atoms with Crippen molar-refractivity contribution in [3.63, 3.8) is 0 Å². The van der Waals surface area contributed by atoms with Crippen LogP contribution in [0.3, 0.4) is 0 Å². The Bertz CT molecular complexity index is 1300. The third-order valence-corrected chi connectivity index (χ3v) is 9.71. The first kappa shape index (κ1) is 41.9. The van der Waals surface area contributed by atoms with Gasteiger partial charge in [0.1, 0.15) is 18.3 Å². The minimum atomic E-state index is -1.97. The predicted molar refractivity (Wildman–Crippen MR) is 182 cm³/mol. The minimum Gasteiger partial charge on any atom is -0.490 e. The molecule has 12 atom stereocenters. The average molecular weight is 693 g/mol. The fraction of sp³-hybridized carbons (Fsp3) is 0.649. The third kappa shape index (κ3) is 11.6. The number of hydrogen-bond acceptors (Lipinski definition) is 11. The van der Waals surface area contributed by atoms with E-state index in [9.17, 15) is 29.7 Å². The van der Waals surface area contributed by atoms with Gasteiger partial charge in [0.25, 0.3) is 0 Å². The lowest BCUT2D eigenvalue weighted by molar-refractivity contribution is -0.319. The SMILES string of the molecule is CO/C1=C/C(C)=C/C(C)C(O)C(C)C/C(C)=C/C=C/C(OC)C(C(C)C(O)C(C)C2(O)CC(OC(=O)/C=C/C(=O)O)C(C)C(C)O2)OC1=O. The summed E-state index contributed by atoms with van der Waals surface area (Å²) >= 11 is 0. The number of aliphatic hydroxyl groups excluding tert-OH is 2. The Morgan fingerprint density at radius 1 is 1.10 bits per heavy atom. The number of ether oxygens (including phenoxy) is 5. The van der Waals surface area contributed by atoms with Gasteiger partial charge in [-0.25, -0.2) is 14.4 Å². The second kappa shape index (κ2) is 18.6. The molecule has 0 saturated carbocycles. The predicted octanol–water partition coefficient (Wildman–Crippen LogP) is 4.25. The van der Waals surface area contributed by atoms with Crippen molar-refractivity contribution >= 4 is 17.9 Å². The summed E-state index contributed by atoms with van der Waals surface area (Å²) < 4.78 is 28.7. The molecule has 0 radical (unpaired) electrons. The average Bonchev–Trinajstić information content (AvgIpc) is 3.03. The molecule has 0 bridgehead atoms. The maximum absolute atomic E-state index is 13.6. The molecular formula is C37H56O12. The Morgan fingerprint density at radius 3 is 2.35 bits per heavy atom. The first-order valence-electron chi connectivity index (χ1n) is 16.7. The molecule has 12 heteroatoms. The second-order valence-corrected chi connectivity index (χ2v) is 13.6. The van der Waals surface area contributed by atoms with E-state index < -0.39 is 72.2 Å². The number of carboxylic acid groups (broad SMARTS) is 1.